The van der Waals surface area contributed by atoms with Gasteiger partial charge in [-0.2, -0.15) is 0 Å². The highest BCUT2D eigenvalue weighted by atomic mass is 16.1. The summed E-state index contributed by atoms with van der Waals surface area (Å²) in [5.41, 5.74) is 1.37. The number of rotatable bonds is 0. The van der Waals surface area contributed by atoms with Gasteiger partial charge in [-0.25, -0.2) is 0 Å². The molecule has 3 aliphatic carbocycles. The number of allylic oxidation sites excluding steroid dienone is 3. The number of ketones is 1. The third-order valence-corrected chi connectivity index (χ3v) is 5.12. The third-order valence-electron chi connectivity index (χ3n) is 5.12. The Morgan fingerprint density at radius 2 is 2.33 bits per heavy atom. The molecular weight excluding hydrogens is 184 g/mol. The molecule has 15 heavy (non-hydrogen) atoms. The van der Waals surface area contributed by atoms with Gasteiger partial charge in [0.1, 0.15) is 5.78 Å². The average Bonchev–Trinajstić information content (AvgIpc) is 2.46. The van der Waals surface area contributed by atoms with Gasteiger partial charge in [-0.1, -0.05) is 31.2 Å². The molecule has 0 saturated heterocycles. The van der Waals surface area contributed by atoms with E-state index in [1.165, 1.54) is 12.0 Å². The molecule has 1 spiro atoms. The molecule has 0 aliphatic heterocycles. The van der Waals surface area contributed by atoms with Crippen LogP contribution in [0.4, 0.5) is 0 Å². The van der Waals surface area contributed by atoms with Crippen LogP contribution in [0.2, 0.25) is 0 Å². The van der Waals surface area contributed by atoms with Crippen molar-refractivity contribution in [1.29, 1.82) is 0 Å². The summed E-state index contributed by atoms with van der Waals surface area (Å²) in [7, 11) is 0. The quantitative estimate of drug-likeness (QED) is 0.551. The molecule has 0 heterocycles. The minimum absolute atomic E-state index is 0.0856. The summed E-state index contributed by atoms with van der Waals surface area (Å²) < 4.78 is 0. The topological polar surface area (TPSA) is 17.1 Å². The standard InChI is InChI=1S/C14H18O/c1-10-8-14-6-4-3-5-13(14,2)12(15)7-11(10)9-14/h4,6,11H,1,3,5,7-9H2,2H3. The molecule has 80 valence electrons. The average molecular weight is 202 g/mol. The molecule has 1 nitrogen and oxygen atoms in total. The van der Waals surface area contributed by atoms with E-state index in [9.17, 15) is 4.79 Å². The van der Waals surface area contributed by atoms with Crippen molar-refractivity contribution in [2.75, 3.05) is 0 Å². The maximum Gasteiger partial charge on any atom is 0.140 e. The molecule has 3 aliphatic rings. The Morgan fingerprint density at radius 3 is 3.13 bits per heavy atom. The lowest BCUT2D eigenvalue weighted by Gasteiger charge is -2.48. The lowest BCUT2D eigenvalue weighted by molar-refractivity contribution is -0.138. The Bertz CT molecular complexity index is 379. The van der Waals surface area contributed by atoms with Crippen LogP contribution in [0.5, 0.6) is 0 Å². The Labute approximate surface area is 91.2 Å². The van der Waals surface area contributed by atoms with Gasteiger partial charge in [-0.15, -0.1) is 0 Å². The molecule has 0 amide bonds. The number of hydrogen-bond acceptors (Lipinski definition) is 1. The van der Waals surface area contributed by atoms with Crippen LogP contribution in [0.15, 0.2) is 24.3 Å². The Kier molecular flexibility index (Phi) is 1.65. The second-order valence-corrected chi connectivity index (χ2v) is 5.79. The van der Waals surface area contributed by atoms with Crippen molar-refractivity contribution in [3.8, 4) is 0 Å². The van der Waals surface area contributed by atoms with Gasteiger partial charge in [0.25, 0.3) is 0 Å². The number of carbonyl (C=O) groups excluding carboxylic acids is 1. The molecule has 2 fully saturated rings. The van der Waals surface area contributed by atoms with Crippen LogP contribution in [-0.2, 0) is 4.79 Å². The van der Waals surface area contributed by atoms with E-state index in [0.29, 0.717) is 11.7 Å². The van der Waals surface area contributed by atoms with Gasteiger partial charge in [-0.3, -0.25) is 4.79 Å². The lowest BCUT2D eigenvalue weighted by Crippen LogP contribution is -2.47. The summed E-state index contributed by atoms with van der Waals surface area (Å²) in [5, 5.41) is 0. The lowest BCUT2D eigenvalue weighted by atomic mass is 9.53. The van der Waals surface area contributed by atoms with E-state index in [-0.39, 0.29) is 10.8 Å². The summed E-state index contributed by atoms with van der Waals surface area (Å²) >= 11 is 0. The van der Waals surface area contributed by atoms with Crippen LogP contribution in [0.1, 0.15) is 39.0 Å². The summed E-state index contributed by atoms with van der Waals surface area (Å²) in [6.45, 7) is 6.35. The predicted molar refractivity (Wildman–Crippen MR) is 60.4 cm³/mol. The van der Waals surface area contributed by atoms with E-state index in [2.05, 4.69) is 25.7 Å². The number of carbonyl (C=O) groups is 1. The fourth-order valence-corrected chi connectivity index (χ4v) is 3.95. The molecule has 3 rings (SSSR count). The molecule has 0 N–H and O–H groups in total. The Hall–Kier alpha value is -0.850. The summed E-state index contributed by atoms with van der Waals surface area (Å²) in [6, 6.07) is 0. The van der Waals surface area contributed by atoms with Crippen molar-refractivity contribution >= 4 is 5.78 Å². The highest BCUT2D eigenvalue weighted by Gasteiger charge is 2.59. The van der Waals surface area contributed by atoms with Gasteiger partial charge in [0, 0.05) is 17.3 Å². The Balaban J connectivity index is 2.16. The van der Waals surface area contributed by atoms with Crippen molar-refractivity contribution in [2.45, 2.75) is 39.0 Å². The second kappa shape index (κ2) is 2.63. The van der Waals surface area contributed by atoms with Gasteiger partial charge >= 0.3 is 0 Å². The van der Waals surface area contributed by atoms with E-state index in [1.807, 2.05) is 0 Å². The molecule has 0 aromatic heterocycles. The molecule has 2 bridgehead atoms. The molecule has 0 aromatic rings. The van der Waals surface area contributed by atoms with Crippen LogP contribution in [0.3, 0.4) is 0 Å². The first-order valence-corrected chi connectivity index (χ1v) is 5.96. The van der Waals surface area contributed by atoms with Gasteiger partial charge < -0.3 is 0 Å². The van der Waals surface area contributed by atoms with E-state index >= 15 is 0 Å². The zero-order chi connectivity index (χ0) is 10.7. The van der Waals surface area contributed by atoms with E-state index in [1.54, 1.807) is 0 Å². The van der Waals surface area contributed by atoms with Crippen LogP contribution < -0.4 is 0 Å². The SMILES string of the molecule is C=C1CC23C=CCCC2(C)C(=O)CC1C3. The van der Waals surface area contributed by atoms with E-state index in [4.69, 9.17) is 0 Å². The number of hydrogen-bond donors (Lipinski definition) is 0. The van der Waals surface area contributed by atoms with E-state index < -0.39 is 0 Å². The van der Waals surface area contributed by atoms with Crippen LogP contribution in [0.25, 0.3) is 0 Å². The zero-order valence-electron chi connectivity index (χ0n) is 9.38. The molecule has 1 heteroatoms. The molecule has 0 radical (unpaired) electrons. The molecule has 2 saturated carbocycles. The van der Waals surface area contributed by atoms with E-state index in [0.717, 1.165) is 25.7 Å². The van der Waals surface area contributed by atoms with Crippen molar-refractivity contribution in [3.05, 3.63) is 24.3 Å². The fourth-order valence-electron chi connectivity index (χ4n) is 3.95. The highest BCUT2D eigenvalue weighted by Crippen LogP contribution is 2.64. The first-order chi connectivity index (χ1) is 7.07. The Morgan fingerprint density at radius 1 is 1.53 bits per heavy atom. The van der Waals surface area contributed by atoms with Crippen LogP contribution >= 0.6 is 0 Å². The van der Waals surface area contributed by atoms with Gasteiger partial charge in [-0.05, 0) is 31.6 Å². The molecule has 3 atom stereocenters. The van der Waals surface area contributed by atoms with Crippen molar-refractivity contribution in [2.24, 2.45) is 16.7 Å². The highest BCUT2D eigenvalue weighted by molar-refractivity contribution is 5.88. The largest absolute Gasteiger partial charge is 0.299 e. The molecular formula is C14H18O. The monoisotopic (exact) mass is 202 g/mol. The van der Waals surface area contributed by atoms with Crippen molar-refractivity contribution < 1.29 is 4.79 Å². The predicted octanol–water partition coefficient (Wildman–Crippen LogP) is 3.27. The summed E-state index contributed by atoms with van der Waals surface area (Å²) in [4.78, 5) is 12.3. The third kappa shape index (κ3) is 0.965. The smallest absolute Gasteiger partial charge is 0.140 e. The number of Topliss-reactive ketones (excluding diaryl/α,β-unsaturated/α-hetero) is 1. The van der Waals surface area contributed by atoms with Gasteiger partial charge in [0.15, 0.2) is 0 Å². The fraction of sp³-hybridized carbons (Fsp3) is 0.643. The maximum absolute atomic E-state index is 12.3. The van der Waals surface area contributed by atoms with Crippen molar-refractivity contribution in [3.63, 3.8) is 0 Å². The normalized spacial score (nSPS) is 48.2. The minimum atomic E-state index is -0.0856. The first kappa shape index (κ1) is 9.38. The maximum atomic E-state index is 12.3. The number of fused-ring (bicyclic) bond motifs is 1. The second-order valence-electron chi connectivity index (χ2n) is 5.79. The van der Waals surface area contributed by atoms with Crippen molar-refractivity contribution in [1.82, 2.24) is 0 Å². The van der Waals surface area contributed by atoms with Crippen LogP contribution in [0, 0.1) is 16.7 Å². The first-order valence-electron chi connectivity index (χ1n) is 5.96. The molecule has 3 unspecified atom stereocenters. The minimum Gasteiger partial charge on any atom is -0.299 e. The van der Waals surface area contributed by atoms with Crippen LogP contribution in [-0.4, -0.2) is 5.78 Å². The molecule has 0 aromatic carbocycles. The summed E-state index contributed by atoms with van der Waals surface area (Å²) in [5.74, 6) is 0.968. The van der Waals surface area contributed by atoms with Gasteiger partial charge in [0.05, 0.1) is 0 Å². The van der Waals surface area contributed by atoms with Gasteiger partial charge in [0.2, 0.25) is 0 Å². The summed E-state index contributed by atoms with van der Waals surface area (Å²) in [6.07, 6.45) is 9.70. The zero-order valence-corrected chi connectivity index (χ0v) is 9.38.